The van der Waals surface area contributed by atoms with Gasteiger partial charge >= 0.3 is 13.0 Å². The van der Waals surface area contributed by atoms with Gasteiger partial charge in [-0.05, 0) is 59.6 Å². The Hall–Kier alpha value is -1.96. The normalized spacial score (nSPS) is 15.6. The molecule has 0 spiro atoms. The number of hydrogen-bond acceptors (Lipinski definition) is 5. The average Bonchev–Trinajstić information content (AvgIpc) is 3.19. The summed E-state index contributed by atoms with van der Waals surface area (Å²) in [7, 11) is 3.13. The van der Waals surface area contributed by atoms with Crippen molar-refractivity contribution < 1.29 is 32.5 Å². The van der Waals surface area contributed by atoms with Gasteiger partial charge in [0.2, 0.25) is 0 Å². The van der Waals surface area contributed by atoms with Crippen molar-refractivity contribution in [3.05, 3.63) is 36.6 Å². The molecule has 1 aliphatic carbocycles. The fourth-order valence-electron chi connectivity index (χ4n) is 3.12. The summed E-state index contributed by atoms with van der Waals surface area (Å²) >= 11 is 0. The third kappa shape index (κ3) is 23.2. The zero-order valence-electron chi connectivity index (χ0n) is 22.6. The minimum absolute atomic E-state index is 0. The number of hydrogen-bond donors (Lipinski definition) is 0. The molecule has 0 aromatic carbocycles. The zero-order valence-corrected chi connectivity index (χ0v) is 22.6. The SMILES string of the molecule is C.C.C.C.C.CC.CC1CCCC1.COCC(C)(C)O[C-]1OC(C)=CC(C)=[O+]1.CO[C-]1OC(C)=CC(C)=[O+]1. The van der Waals surface area contributed by atoms with Crippen LogP contribution in [0.1, 0.15) is 125 Å². The van der Waals surface area contributed by atoms with E-state index in [4.69, 9.17) is 32.5 Å². The Balaban J connectivity index is -0.0000000980. The molecule has 2 aliphatic heterocycles. The molecular formula is C31H66O7. The largest absolute Gasteiger partial charge is 0.509 e. The molecular weight excluding hydrogens is 484 g/mol. The van der Waals surface area contributed by atoms with Crippen LogP contribution in [0, 0.1) is 18.9 Å². The van der Waals surface area contributed by atoms with Crippen LogP contribution in [-0.2, 0) is 32.5 Å². The van der Waals surface area contributed by atoms with Crippen molar-refractivity contribution in [2.75, 3.05) is 20.8 Å². The van der Waals surface area contributed by atoms with Gasteiger partial charge in [-0.25, -0.2) is 0 Å². The van der Waals surface area contributed by atoms with E-state index >= 15 is 0 Å². The van der Waals surface area contributed by atoms with E-state index in [0.717, 1.165) is 29.0 Å². The molecule has 0 aromatic rings. The maximum Gasteiger partial charge on any atom is 0.509 e. The van der Waals surface area contributed by atoms with E-state index in [1.165, 1.54) is 32.8 Å². The molecule has 2 heterocycles. The van der Waals surface area contributed by atoms with Crippen molar-refractivity contribution in [3.8, 4) is 0 Å². The van der Waals surface area contributed by atoms with Crippen LogP contribution in [0.4, 0.5) is 0 Å². The summed E-state index contributed by atoms with van der Waals surface area (Å²) in [5.74, 6) is 4.11. The monoisotopic (exact) mass is 550 g/mol. The third-order valence-corrected chi connectivity index (χ3v) is 4.45. The first-order valence-electron chi connectivity index (χ1n) is 11.8. The first-order chi connectivity index (χ1) is 15.5. The van der Waals surface area contributed by atoms with Gasteiger partial charge in [0.25, 0.3) is 0 Å². The second-order valence-electron chi connectivity index (χ2n) is 8.53. The van der Waals surface area contributed by atoms with Crippen LogP contribution in [0.5, 0.6) is 0 Å². The molecule has 38 heavy (non-hydrogen) atoms. The minimum Gasteiger partial charge on any atom is -0.455 e. The topological polar surface area (TPSA) is 68.8 Å². The molecule has 0 atom stereocenters. The van der Waals surface area contributed by atoms with Crippen LogP contribution >= 0.6 is 0 Å². The van der Waals surface area contributed by atoms with E-state index in [2.05, 4.69) is 6.92 Å². The Morgan fingerprint density at radius 3 is 1.53 bits per heavy atom. The van der Waals surface area contributed by atoms with Crippen LogP contribution in [-0.4, -0.2) is 38.0 Å². The first-order valence-corrected chi connectivity index (χ1v) is 11.8. The van der Waals surface area contributed by atoms with E-state index < -0.39 is 5.60 Å². The number of ether oxygens (including phenoxy) is 5. The van der Waals surface area contributed by atoms with E-state index in [1.807, 2.05) is 55.4 Å². The smallest absolute Gasteiger partial charge is 0.455 e. The van der Waals surface area contributed by atoms with E-state index in [9.17, 15) is 0 Å². The second kappa shape index (κ2) is 26.6. The van der Waals surface area contributed by atoms with Crippen molar-refractivity contribution in [1.82, 2.24) is 0 Å². The van der Waals surface area contributed by atoms with Crippen molar-refractivity contribution in [3.63, 3.8) is 0 Å². The fraction of sp³-hybridized carbons (Fsp3) is 0.742. The van der Waals surface area contributed by atoms with Gasteiger partial charge < -0.3 is 32.5 Å². The van der Waals surface area contributed by atoms with Crippen LogP contribution in [0.3, 0.4) is 0 Å². The second-order valence-corrected chi connectivity index (χ2v) is 8.53. The summed E-state index contributed by atoms with van der Waals surface area (Å²) in [6.45, 7) is 18.3. The molecule has 0 unspecified atom stereocenters. The quantitative estimate of drug-likeness (QED) is 0.252. The van der Waals surface area contributed by atoms with Gasteiger partial charge in [0, 0.05) is 14.2 Å². The molecule has 0 aromatic heterocycles. The predicted molar refractivity (Wildman–Crippen MR) is 164 cm³/mol. The Labute approximate surface area is 238 Å². The van der Waals surface area contributed by atoms with Crippen LogP contribution in [0.15, 0.2) is 23.7 Å². The molecule has 3 aliphatic rings. The lowest BCUT2D eigenvalue weighted by Gasteiger charge is -2.27. The van der Waals surface area contributed by atoms with Crippen molar-refractivity contribution >= 4 is 11.6 Å². The van der Waals surface area contributed by atoms with Gasteiger partial charge in [0.15, 0.2) is 11.6 Å². The molecule has 0 saturated heterocycles. The molecule has 0 bridgehead atoms. The van der Waals surface area contributed by atoms with Crippen molar-refractivity contribution in [2.45, 2.75) is 131 Å². The lowest BCUT2D eigenvalue weighted by atomic mass is 10.1. The summed E-state index contributed by atoms with van der Waals surface area (Å²) < 4.78 is 35.9. The number of allylic oxidation sites excluding steroid dienone is 4. The Kier molecular flexibility index (Phi) is 34.4. The molecule has 1 saturated carbocycles. The molecule has 0 amide bonds. The van der Waals surface area contributed by atoms with Crippen LogP contribution < -0.4 is 0 Å². The number of ketones is 2. The van der Waals surface area contributed by atoms with E-state index in [-0.39, 0.29) is 50.1 Å². The van der Waals surface area contributed by atoms with Gasteiger partial charge in [-0.2, -0.15) is 0 Å². The maximum absolute atomic E-state index is 5.55. The first kappa shape index (κ1) is 49.0. The van der Waals surface area contributed by atoms with Crippen molar-refractivity contribution in [2.24, 2.45) is 5.92 Å². The fourth-order valence-corrected chi connectivity index (χ4v) is 3.12. The summed E-state index contributed by atoms with van der Waals surface area (Å²) in [5.41, 5.74) is -0.470. The van der Waals surface area contributed by atoms with E-state index in [0.29, 0.717) is 6.61 Å². The molecule has 7 heteroatoms. The highest BCUT2D eigenvalue weighted by Crippen LogP contribution is 2.23. The highest BCUT2D eigenvalue weighted by atomic mass is 16.8. The van der Waals surface area contributed by atoms with Gasteiger partial charge in [-0.1, -0.05) is 83.6 Å². The zero-order chi connectivity index (χ0) is 25.4. The summed E-state index contributed by atoms with van der Waals surface area (Å²) in [6.07, 6.45) is 9.54. The Morgan fingerprint density at radius 1 is 0.816 bits per heavy atom. The molecule has 3 rings (SSSR count). The number of methoxy groups -OCH3 is 2. The van der Waals surface area contributed by atoms with Gasteiger partial charge in [0.05, 0.1) is 23.7 Å². The summed E-state index contributed by atoms with van der Waals surface area (Å²) in [6, 6.07) is 0. The number of carbonyl (C=O) groups excluding carboxylic acids is 2. The molecule has 1 fully saturated rings. The number of rotatable bonds is 5. The van der Waals surface area contributed by atoms with Crippen LogP contribution in [0.25, 0.3) is 0 Å². The maximum atomic E-state index is 5.55. The van der Waals surface area contributed by atoms with Crippen molar-refractivity contribution in [1.29, 1.82) is 0 Å². The Bertz CT molecular complexity index is 657. The standard InChI is InChI=1S/C11H18O4.C7H10O3.C6H12.C2H6.5CH4/c1-8-6-9(2)14-10(13-8)15-11(3,4)7-12-5;1-5-4-6(2)10-7(8-3)9-5;1-6-4-2-3-5-6;1-2;;;;;/h6H,7H2,1-5H3;4H,1-3H3;6H,2-5H2,1H3;1-2H3;5*1H4. The highest BCUT2D eigenvalue weighted by Gasteiger charge is 2.29. The summed E-state index contributed by atoms with van der Waals surface area (Å²) in [5, 5.41) is 0. The summed E-state index contributed by atoms with van der Waals surface area (Å²) in [4.78, 5) is 0. The highest BCUT2D eigenvalue weighted by molar-refractivity contribution is 5.88. The average molecular weight is 551 g/mol. The van der Waals surface area contributed by atoms with Crippen LogP contribution in [0.2, 0.25) is 0 Å². The van der Waals surface area contributed by atoms with Gasteiger partial charge in [-0.15, -0.1) is 0 Å². The van der Waals surface area contributed by atoms with E-state index in [1.54, 1.807) is 19.3 Å². The molecule has 0 radical (unpaired) electrons. The lowest BCUT2D eigenvalue weighted by molar-refractivity contribution is -0.553. The third-order valence-electron chi connectivity index (χ3n) is 4.45. The lowest BCUT2D eigenvalue weighted by Crippen LogP contribution is -2.34. The van der Waals surface area contributed by atoms with Gasteiger partial charge in [0.1, 0.15) is 0 Å². The molecule has 232 valence electrons. The molecule has 0 N–H and O–H groups in total. The predicted octanol–water partition coefficient (Wildman–Crippen LogP) is 9.48. The molecule has 7 nitrogen and oxygen atoms in total. The van der Waals surface area contributed by atoms with Gasteiger partial charge in [-0.3, -0.25) is 0 Å². The Morgan fingerprint density at radius 2 is 1.21 bits per heavy atom. The minimum atomic E-state index is -0.470.